The topological polar surface area (TPSA) is 53.4 Å². The van der Waals surface area contributed by atoms with Crippen molar-refractivity contribution in [2.24, 2.45) is 0 Å². The summed E-state index contributed by atoms with van der Waals surface area (Å²) >= 11 is 0. The molecule has 0 atom stereocenters. The first-order valence-electron chi connectivity index (χ1n) is 12.9. The molecule has 1 N–H and O–H groups in total. The van der Waals surface area contributed by atoms with E-state index in [2.05, 4.69) is 47.2 Å². The van der Waals surface area contributed by atoms with E-state index in [0.29, 0.717) is 5.69 Å². The molecule has 176 valence electrons. The number of nitrogens with zero attached hydrogens (tertiary/aromatic N) is 4. The summed E-state index contributed by atoms with van der Waals surface area (Å²) < 4.78 is 2.01. The third-order valence-corrected chi connectivity index (χ3v) is 7.19. The standard InChI is InChI=1S/C26H41N5O/c1-3-13-31-24-20-21(4-2)9-10-23(24)25(28-31)26(32)27-22-11-18-30(19-12-22)17-8-7-16-29-14-5-6-15-29/h9-10,20,22H,3-8,11-19H2,1-2H3,(H,27,32). The summed E-state index contributed by atoms with van der Waals surface area (Å²) in [5, 5.41) is 8.97. The zero-order chi connectivity index (χ0) is 22.3. The van der Waals surface area contributed by atoms with E-state index in [0.717, 1.165) is 56.2 Å². The Kier molecular flexibility index (Phi) is 8.20. The zero-order valence-electron chi connectivity index (χ0n) is 20.1. The fourth-order valence-electron chi connectivity index (χ4n) is 5.22. The number of aromatic nitrogens is 2. The molecule has 0 radical (unpaired) electrons. The van der Waals surface area contributed by atoms with Gasteiger partial charge in [0, 0.05) is 31.1 Å². The number of rotatable bonds is 10. The monoisotopic (exact) mass is 439 g/mol. The van der Waals surface area contributed by atoms with Gasteiger partial charge in [0.25, 0.3) is 5.91 Å². The molecule has 0 saturated carbocycles. The molecule has 0 bridgehead atoms. The third kappa shape index (κ3) is 5.70. The number of carbonyl (C=O) groups excluding carboxylic acids is 1. The second kappa shape index (κ2) is 11.3. The van der Waals surface area contributed by atoms with Crippen LogP contribution in [0.3, 0.4) is 0 Å². The molecule has 2 aliphatic heterocycles. The summed E-state index contributed by atoms with van der Waals surface area (Å²) in [6, 6.07) is 6.65. The molecule has 0 unspecified atom stereocenters. The highest BCUT2D eigenvalue weighted by Crippen LogP contribution is 2.22. The normalized spacial score (nSPS) is 18.6. The van der Waals surface area contributed by atoms with Gasteiger partial charge in [-0.3, -0.25) is 9.48 Å². The molecule has 1 amide bonds. The van der Waals surface area contributed by atoms with Crippen molar-refractivity contribution in [1.82, 2.24) is 24.9 Å². The van der Waals surface area contributed by atoms with Crippen LogP contribution in [-0.4, -0.2) is 70.8 Å². The number of nitrogens with one attached hydrogen (secondary N) is 1. The molecular weight excluding hydrogens is 398 g/mol. The lowest BCUT2D eigenvalue weighted by molar-refractivity contribution is 0.0906. The van der Waals surface area contributed by atoms with Crippen LogP contribution in [0.1, 0.15) is 74.8 Å². The first-order chi connectivity index (χ1) is 15.7. The van der Waals surface area contributed by atoms with Gasteiger partial charge in [-0.05, 0) is 89.2 Å². The molecule has 2 fully saturated rings. The fourth-order valence-corrected chi connectivity index (χ4v) is 5.22. The molecule has 2 aromatic rings. The molecule has 0 spiro atoms. The minimum Gasteiger partial charge on any atom is -0.348 e. The van der Waals surface area contributed by atoms with E-state index in [1.165, 1.54) is 57.4 Å². The maximum atomic E-state index is 13.1. The van der Waals surface area contributed by atoms with Gasteiger partial charge < -0.3 is 15.1 Å². The van der Waals surface area contributed by atoms with Gasteiger partial charge in [-0.1, -0.05) is 26.0 Å². The first-order valence-corrected chi connectivity index (χ1v) is 12.9. The van der Waals surface area contributed by atoms with E-state index in [1.54, 1.807) is 0 Å². The maximum absolute atomic E-state index is 13.1. The van der Waals surface area contributed by atoms with Crippen molar-refractivity contribution < 1.29 is 4.79 Å². The smallest absolute Gasteiger partial charge is 0.272 e. The highest BCUT2D eigenvalue weighted by atomic mass is 16.2. The number of fused-ring (bicyclic) bond motifs is 1. The molecule has 6 nitrogen and oxygen atoms in total. The Morgan fingerprint density at radius 2 is 1.69 bits per heavy atom. The minimum atomic E-state index is -0.0156. The van der Waals surface area contributed by atoms with Crippen LogP contribution in [0.15, 0.2) is 18.2 Å². The fraction of sp³-hybridized carbons (Fsp3) is 0.692. The quantitative estimate of drug-likeness (QED) is 0.567. The van der Waals surface area contributed by atoms with Gasteiger partial charge in [-0.15, -0.1) is 0 Å². The van der Waals surface area contributed by atoms with E-state index in [-0.39, 0.29) is 11.9 Å². The molecule has 3 heterocycles. The van der Waals surface area contributed by atoms with Crippen molar-refractivity contribution in [2.75, 3.05) is 39.3 Å². The van der Waals surface area contributed by atoms with Gasteiger partial charge >= 0.3 is 0 Å². The predicted molar refractivity (Wildman–Crippen MR) is 131 cm³/mol. The van der Waals surface area contributed by atoms with Gasteiger partial charge in [-0.25, -0.2) is 0 Å². The lowest BCUT2D eigenvalue weighted by Crippen LogP contribution is -2.45. The number of hydrogen-bond donors (Lipinski definition) is 1. The summed E-state index contributed by atoms with van der Waals surface area (Å²) in [5.41, 5.74) is 2.95. The average molecular weight is 440 g/mol. The Labute approximate surface area is 193 Å². The number of aryl methyl sites for hydroxylation is 2. The molecule has 2 saturated heterocycles. The zero-order valence-corrected chi connectivity index (χ0v) is 20.1. The highest BCUT2D eigenvalue weighted by molar-refractivity contribution is 6.05. The van der Waals surface area contributed by atoms with Crippen LogP contribution in [0.25, 0.3) is 10.9 Å². The molecule has 4 rings (SSSR count). The van der Waals surface area contributed by atoms with Crippen LogP contribution in [0.5, 0.6) is 0 Å². The van der Waals surface area contributed by atoms with E-state index < -0.39 is 0 Å². The number of hydrogen-bond acceptors (Lipinski definition) is 4. The summed E-state index contributed by atoms with van der Waals surface area (Å²) in [6.07, 6.45) is 9.42. The minimum absolute atomic E-state index is 0.0156. The van der Waals surface area contributed by atoms with Crippen LogP contribution in [0, 0.1) is 0 Å². The Bertz CT molecular complexity index is 878. The Morgan fingerprint density at radius 1 is 1.00 bits per heavy atom. The van der Waals surface area contributed by atoms with Gasteiger partial charge in [0.2, 0.25) is 0 Å². The summed E-state index contributed by atoms with van der Waals surface area (Å²) in [5.74, 6) is -0.0156. The molecule has 1 aromatic carbocycles. The number of benzene rings is 1. The van der Waals surface area contributed by atoms with Gasteiger partial charge in [0.1, 0.15) is 0 Å². The Hall–Kier alpha value is -1.92. The van der Waals surface area contributed by atoms with Crippen molar-refractivity contribution in [1.29, 1.82) is 0 Å². The largest absolute Gasteiger partial charge is 0.348 e. The van der Waals surface area contributed by atoms with Gasteiger partial charge in [-0.2, -0.15) is 5.10 Å². The predicted octanol–water partition coefficient (Wildman–Crippen LogP) is 4.08. The number of amides is 1. The van der Waals surface area contributed by atoms with Crippen molar-refractivity contribution in [3.05, 3.63) is 29.5 Å². The van der Waals surface area contributed by atoms with Crippen molar-refractivity contribution in [3.8, 4) is 0 Å². The lowest BCUT2D eigenvalue weighted by atomic mass is 10.0. The van der Waals surface area contributed by atoms with Crippen LogP contribution in [-0.2, 0) is 13.0 Å². The van der Waals surface area contributed by atoms with Crippen molar-refractivity contribution in [3.63, 3.8) is 0 Å². The van der Waals surface area contributed by atoms with E-state index in [1.807, 2.05) is 4.68 Å². The summed E-state index contributed by atoms with van der Waals surface area (Å²) in [7, 11) is 0. The van der Waals surface area contributed by atoms with E-state index in [9.17, 15) is 4.79 Å². The molecule has 6 heteroatoms. The molecule has 0 aliphatic carbocycles. The second-order valence-electron chi connectivity index (χ2n) is 9.62. The van der Waals surface area contributed by atoms with Gasteiger partial charge in [0.05, 0.1) is 5.52 Å². The van der Waals surface area contributed by atoms with Crippen LogP contribution >= 0.6 is 0 Å². The van der Waals surface area contributed by atoms with Crippen LogP contribution in [0.4, 0.5) is 0 Å². The van der Waals surface area contributed by atoms with E-state index in [4.69, 9.17) is 5.10 Å². The summed E-state index contributed by atoms with van der Waals surface area (Å²) in [6.45, 7) is 12.4. The Morgan fingerprint density at radius 3 is 2.34 bits per heavy atom. The molecule has 2 aliphatic rings. The van der Waals surface area contributed by atoms with Crippen molar-refractivity contribution >= 4 is 16.8 Å². The van der Waals surface area contributed by atoms with Gasteiger partial charge in [0.15, 0.2) is 5.69 Å². The van der Waals surface area contributed by atoms with E-state index >= 15 is 0 Å². The maximum Gasteiger partial charge on any atom is 0.272 e. The highest BCUT2D eigenvalue weighted by Gasteiger charge is 2.24. The molecular formula is C26H41N5O. The number of unbranched alkanes of at least 4 members (excludes halogenated alkanes) is 1. The lowest BCUT2D eigenvalue weighted by Gasteiger charge is -2.32. The molecule has 32 heavy (non-hydrogen) atoms. The third-order valence-electron chi connectivity index (χ3n) is 7.19. The first kappa shape index (κ1) is 23.2. The number of carbonyl (C=O) groups is 1. The second-order valence-corrected chi connectivity index (χ2v) is 9.62. The molecule has 1 aromatic heterocycles. The number of piperidine rings is 1. The van der Waals surface area contributed by atoms with Crippen LogP contribution in [0.2, 0.25) is 0 Å². The SMILES string of the molecule is CCCn1nc(C(=O)NC2CCN(CCCCN3CCCC3)CC2)c2ccc(CC)cc21. The average Bonchev–Trinajstić information content (AvgIpc) is 3.46. The number of likely N-dealkylation sites (tertiary alicyclic amines) is 2. The Balaban J connectivity index is 1.27. The van der Waals surface area contributed by atoms with Crippen molar-refractivity contribution in [2.45, 2.75) is 77.8 Å². The summed E-state index contributed by atoms with van der Waals surface area (Å²) in [4.78, 5) is 18.3. The van der Waals surface area contributed by atoms with Crippen LogP contribution < -0.4 is 5.32 Å².